The molecule has 0 saturated heterocycles. The van der Waals surface area contributed by atoms with Crippen molar-refractivity contribution in [3.8, 4) is 16.9 Å². The molecule has 0 heterocycles. The minimum absolute atomic E-state index is 0.126. The lowest BCUT2D eigenvalue weighted by atomic mass is 10.0. The Kier molecular flexibility index (Phi) is 12.3. The number of hydrogen-bond acceptors (Lipinski definition) is 2. The molecule has 0 saturated carbocycles. The highest BCUT2D eigenvalue weighted by Gasteiger charge is 2.05. The van der Waals surface area contributed by atoms with Crippen molar-refractivity contribution in [1.82, 2.24) is 0 Å². The first-order valence-electron chi connectivity index (χ1n) is 12.2. The minimum atomic E-state index is 0.126. The van der Waals surface area contributed by atoms with Crippen LogP contribution in [0.25, 0.3) is 11.1 Å². The highest BCUT2D eigenvalue weighted by Crippen LogP contribution is 2.23. The van der Waals surface area contributed by atoms with Crippen LogP contribution >= 0.6 is 0 Å². The first-order valence-corrected chi connectivity index (χ1v) is 12.2. The van der Waals surface area contributed by atoms with E-state index < -0.39 is 0 Å². The first-order chi connectivity index (χ1) is 14.7. The van der Waals surface area contributed by atoms with Crippen LogP contribution in [-0.4, -0.2) is 19.3 Å². The molecule has 2 rings (SSSR count). The normalized spacial score (nSPS) is 12.1. The molecule has 0 bridgehead atoms. The van der Waals surface area contributed by atoms with Crippen molar-refractivity contribution >= 4 is 0 Å². The summed E-state index contributed by atoms with van der Waals surface area (Å²) >= 11 is 0. The first kappa shape index (κ1) is 24.5. The van der Waals surface area contributed by atoms with Crippen molar-refractivity contribution in [1.29, 1.82) is 0 Å². The summed E-state index contributed by atoms with van der Waals surface area (Å²) < 4.78 is 11.8. The summed E-state index contributed by atoms with van der Waals surface area (Å²) in [7, 11) is 0. The molecule has 0 aliphatic carbocycles. The summed E-state index contributed by atoms with van der Waals surface area (Å²) in [5, 5.41) is 0. The van der Waals surface area contributed by atoms with E-state index in [0.29, 0.717) is 6.61 Å². The molecule has 2 heteroatoms. The molecule has 1 atom stereocenters. The third kappa shape index (κ3) is 9.80. The van der Waals surface area contributed by atoms with Gasteiger partial charge in [-0.2, -0.15) is 0 Å². The Labute approximate surface area is 185 Å². The average molecular weight is 411 g/mol. The van der Waals surface area contributed by atoms with Gasteiger partial charge in [-0.1, -0.05) is 95.2 Å². The second kappa shape index (κ2) is 15.1. The summed E-state index contributed by atoms with van der Waals surface area (Å²) in [6, 6.07) is 17.4. The number of aryl methyl sites for hydroxylation is 1. The number of unbranched alkanes of at least 4 members (excludes halogenated alkanes) is 7. The van der Waals surface area contributed by atoms with Crippen molar-refractivity contribution < 1.29 is 9.47 Å². The molecule has 0 fully saturated rings. The van der Waals surface area contributed by atoms with Crippen LogP contribution in [0.5, 0.6) is 5.75 Å². The molecule has 30 heavy (non-hydrogen) atoms. The lowest BCUT2D eigenvalue weighted by Crippen LogP contribution is -2.18. The molecule has 0 spiro atoms. The third-order valence-electron chi connectivity index (χ3n) is 5.60. The van der Waals surface area contributed by atoms with Gasteiger partial charge in [0.05, 0.1) is 6.10 Å². The Morgan fingerprint density at radius 3 is 1.87 bits per heavy atom. The van der Waals surface area contributed by atoms with E-state index in [4.69, 9.17) is 9.47 Å². The number of rotatable bonds is 16. The standard InChI is InChI=1S/C28H42O2/c1-4-6-8-10-12-22-29-24(3)23-30-28-20-18-27(19-21-28)26-16-14-25(15-17-26)13-11-9-7-5-2/h14-21,24H,4-13,22-23H2,1-3H3. The second-order valence-electron chi connectivity index (χ2n) is 8.44. The van der Waals surface area contributed by atoms with Gasteiger partial charge in [-0.05, 0) is 55.0 Å². The Morgan fingerprint density at radius 1 is 0.667 bits per heavy atom. The van der Waals surface area contributed by atoms with E-state index in [9.17, 15) is 0 Å². The van der Waals surface area contributed by atoms with Crippen LogP contribution in [-0.2, 0) is 11.2 Å². The quantitative estimate of drug-likeness (QED) is 0.259. The van der Waals surface area contributed by atoms with Crippen LogP contribution in [0.4, 0.5) is 0 Å². The maximum Gasteiger partial charge on any atom is 0.119 e. The molecule has 0 amide bonds. The zero-order valence-corrected chi connectivity index (χ0v) is 19.5. The average Bonchev–Trinajstić information content (AvgIpc) is 2.78. The van der Waals surface area contributed by atoms with Crippen LogP contribution in [0.3, 0.4) is 0 Å². The topological polar surface area (TPSA) is 18.5 Å². The van der Waals surface area contributed by atoms with Crippen molar-refractivity contribution in [2.75, 3.05) is 13.2 Å². The van der Waals surface area contributed by atoms with Gasteiger partial charge in [-0.15, -0.1) is 0 Å². The van der Waals surface area contributed by atoms with E-state index in [-0.39, 0.29) is 6.10 Å². The lowest BCUT2D eigenvalue weighted by Gasteiger charge is -2.14. The smallest absolute Gasteiger partial charge is 0.119 e. The van der Waals surface area contributed by atoms with Crippen LogP contribution in [0.15, 0.2) is 48.5 Å². The fraction of sp³-hybridized carbons (Fsp3) is 0.571. The molecule has 1 unspecified atom stereocenters. The van der Waals surface area contributed by atoms with Gasteiger partial charge in [0.15, 0.2) is 0 Å². The van der Waals surface area contributed by atoms with Crippen LogP contribution < -0.4 is 4.74 Å². The van der Waals surface area contributed by atoms with Crippen molar-refractivity contribution in [2.45, 2.75) is 91.1 Å². The largest absolute Gasteiger partial charge is 0.491 e. The van der Waals surface area contributed by atoms with Crippen LogP contribution in [0.1, 0.15) is 84.1 Å². The van der Waals surface area contributed by atoms with Gasteiger partial charge in [-0.3, -0.25) is 0 Å². The fourth-order valence-electron chi connectivity index (χ4n) is 3.62. The van der Waals surface area contributed by atoms with E-state index in [2.05, 4.69) is 69.3 Å². The van der Waals surface area contributed by atoms with Crippen LogP contribution in [0.2, 0.25) is 0 Å². The monoisotopic (exact) mass is 410 g/mol. The summed E-state index contributed by atoms with van der Waals surface area (Å²) in [4.78, 5) is 0. The zero-order chi connectivity index (χ0) is 21.4. The number of ether oxygens (including phenoxy) is 2. The molecule has 0 aliphatic rings. The Balaban J connectivity index is 1.70. The van der Waals surface area contributed by atoms with E-state index in [1.807, 2.05) is 0 Å². The fourth-order valence-corrected chi connectivity index (χ4v) is 3.62. The molecule has 0 N–H and O–H groups in total. The van der Waals surface area contributed by atoms with Gasteiger partial charge in [0.2, 0.25) is 0 Å². The highest BCUT2D eigenvalue weighted by molar-refractivity contribution is 5.64. The summed E-state index contributed by atoms with van der Waals surface area (Å²) in [6.07, 6.45) is 12.9. The van der Waals surface area contributed by atoms with Gasteiger partial charge in [-0.25, -0.2) is 0 Å². The van der Waals surface area contributed by atoms with Gasteiger partial charge in [0.1, 0.15) is 12.4 Å². The van der Waals surface area contributed by atoms with Crippen molar-refractivity contribution in [3.05, 3.63) is 54.1 Å². The number of benzene rings is 2. The van der Waals surface area contributed by atoms with E-state index in [1.54, 1.807) is 0 Å². The molecule has 2 aromatic rings. The Bertz CT molecular complexity index is 660. The summed E-state index contributed by atoms with van der Waals surface area (Å²) in [6.45, 7) is 8.03. The maximum absolute atomic E-state index is 5.91. The molecular formula is C28H42O2. The minimum Gasteiger partial charge on any atom is -0.491 e. The van der Waals surface area contributed by atoms with E-state index in [0.717, 1.165) is 18.8 Å². The lowest BCUT2D eigenvalue weighted by molar-refractivity contribution is 0.0302. The highest BCUT2D eigenvalue weighted by atomic mass is 16.5. The number of hydrogen-bond donors (Lipinski definition) is 0. The summed E-state index contributed by atoms with van der Waals surface area (Å²) in [5.74, 6) is 0.907. The third-order valence-corrected chi connectivity index (χ3v) is 5.60. The second-order valence-corrected chi connectivity index (χ2v) is 8.44. The SMILES string of the molecule is CCCCCCCOC(C)COc1ccc(-c2ccc(CCCCCC)cc2)cc1. The van der Waals surface area contributed by atoms with Gasteiger partial charge < -0.3 is 9.47 Å². The van der Waals surface area contributed by atoms with Crippen LogP contribution in [0, 0.1) is 0 Å². The summed E-state index contributed by atoms with van der Waals surface area (Å²) in [5.41, 5.74) is 3.93. The zero-order valence-electron chi connectivity index (χ0n) is 19.5. The Hall–Kier alpha value is -1.80. The van der Waals surface area contributed by atoms with Gasteiger partial charge in [0, 0.05) is 6.61 Å². The predicted molar refractivity (Wildman–Crippen MR) is 129 cm³/mol. The molecule has 166 valence electrons. The predicted octanol–water partition coefficient (Wildman–Crippen LogP) is 8.23. The van der Waals surface area contributed by atoms with E-state index >= 15 is 0 Å². The van der Waals surface area contributed by atoms with E-state index in [1.165, 1.54) is 74.5 Å². The maximum atomic E-state index is 5.91. The van der Waals surface area contributed by atoms with Gasteiger partial charge >= 0.3 is 0 Å². The molecule has 2 nitrogen and oxygen atoms in total. The van der Waals surface area contributed by atoms with Crippen molar-refractivity contribution in [3.63, 3.8) is 0 Å². The molecule has 0 aromatic heterocycles. The molecule has 0 aliphatic heterocycles. The van der Waals surface area contributed by atoms with Gasteiger partial charge in [0.25, 0.3) is 0 Å². The van der Waals surface area contributed by atoms with Crippen molar-refractivity contribution in [2.24, 2.45) is 0 Å². The Morgan fingerprint density at radius 2 is 1.23 bits per heavy atom. The molecule has 2 aromatic carbocycles. The molecular weight excluding hydrogens is 368 g/mol. The molecule has 0 radical (unpaired) electrons.